The molecule has 47 heavy (non-hydrogen) atoms. The summed E-state index contributed by atoms with van der Waals surface area (Å²) in [5.41, 5.74) is 2.21. The summed E-state index contributed by atoms with van der Waals surface area (Å²) in [5, 5.41) is 3.95. The fraction of sp³-hybridized carbons (Fsp3) is 0.257. The maximum absolute atomic E-state index is 14.6. The van der Waals surface area contributed by atoms with Gasteiger partial charge in [-0.05, 0) is 66.9 Å². The van der Waals surface area contributed by atoms with E-state index in [4.69, 9.17) is 46.4 Å². The molecule has 0 aliphatic rings. The lowest BCUT2D eigenvalue weighted by molar-refractivity contribution is -0.140. The maximum atomic E-state index is 14.6. The third-order valence-corrected chi connectivity index (χ3v) is 10.4. The largest absolute Gasteiger partial charge is 0.354 e. The zero-order valence-corrected chi connectivity index (χ0v) is 29.8. The zero-order valence-electron chi connectivity index (χ0n) is 25.9. The number of aryl methyl sites for hydroxylation is 1. The van der Waals surface area contributed by atoms with Gasteiger partial charge in [-0.1, -0.05) is 114 Å². The molecule has 0 aromatic heterocycles. The van der Waals surface area contributed by atoms with Gasteiger partial charge in [0.05, 0.1) is 15.6 Å². The van der Waals surface area contributed by atoms with E-state index < -0.39 is 28.5 Å². The van der Waals surface area contributed by atoms with Crippen LogP contribution in [0.3, 0.4) is 0 Å². The van der Waals surface area contributed by atoms with Crippen molar-refractivity contribution in [2.75, 3.05) is 17.4 Å². The number of hydrogen-bond acceptors (Lipinski definition) is 4. The number of amides is 2. The highest BCUT2D eigenvalue weighted by Crippen LogP contribution is 2.34. The first-order chi connectivity index (χ1) is 22.4. The highest BCUT2D eigenvalue weighted by molar-refractivity contribution is 7.92. The molecule has 1 N–H and O–H groups in total. The summed E-state index contributed by atoms with van der Waals surface area (Å²) in [7, 11) is -4.35. The second-order valence-corrected chi connectivity index (χ2v) is 14.6. The Hall–Kier alpha value is -3.27. The van der Waals surface area contributed by atoms with E-state index in [9.17, 15) is 18.0 Å². The van der Waals surface area contributed by atoms with Gasteiger partial charge in [0.15, 0.2) is 0 Å². The Kier molecular flexibility index (Phi) is 13.0. The fourth-order valence-corrected chi connectivity index (χ4v) is 7.25. The molecule has 4 rings (SSSR count). The van der Waals surface area contributed by atoms with Crippen LogP contribution in [-0.4, -0.2) is 44.3 Å². The van der Waals surface area contributed by atoms with Crippen molar-refractivity contribution in [3.05, 3.63) is 128 Å². The summed E-state index contributed by atoms with van der Waals surface area (Å²) in [6, 6.07) is 23.8. The van der Waals surface area contributed by atoms with E-state index in [1.54, 1.807) is 30.3 Å². The molecule has 248 valence electrons. The topological polar surface area (TPSA) is 86.8 Å². The van der Waals surface area contributed by atoms with Gasteiger partial charge in [0.1, 0.15) is 12.6 Å². The number of carbonyl (C=O) groups is 2. The molecule has 1 atom stereocenters. The second-order valence-electron chi connectivity index (χ2n) is 11.0. The lowest BCUT2D eigenvalue weighted by Crippen LogP contribution is -2.53. The molecular formula is C35H35Cl4N3O4S. The maximum Gasteiger partial charge on any atom is 0.264 e. The van der Waals surface area contributed by atoms with E-state index in [0.29, 0.717) is 22.2 Å². The average Bonchev–Trinajstić information content (AvgIpc) is 3.04. The van der Waals surface area contributed by atoms with Crippen molar-refractivity contribution in [2.24, 2.45) is 0 Å². The average molecular weight is 736 g/mol. The van der Waals surface area contributed by atoms with Gasteiger partial charge in [-0.25, -0.2) is 8.42 Å². The Morgan fingerprint density at radius 1 is 0.830 bits per heavy atom. The van der Waals surface area contributed by atoms with Crippen molar-refractivity contribution in [3.8, 4) is 0 Å². The van der Waals surface area contributed by atoms with E-state index in [1.807, 2.05) is 44.2 Å². The predicted octanol–water partition coefficient (Wildman–Crippen LogP) is 8.36. The molecular weight excluding hydrogens is 700 g/mol. The Bertz CT molecular complexity index is 1810. The van der Waals surface area contributed by atoms with Crippen molar-refractivity contribution in [2.45, 2.75) is 50.6 Å². The SMILES string of the molecule is CCCCNC(=O)[C@H](Cc1ccccc1)N(Cc1ccc(Cl)cc1Cl)C(=O)CN(c1cc(Cl)ccc1Cl)S(=O)(=O)c1ccc(C)cc1. The van der Waals surface area contributed by atoms with Crippen LogP contribution in [0.2, 0.25) is 20.1 Å². The summed E-state index contributed by atoms with van der Waals surface area (Å²) in [6.07, 6.45) is 1.77. The second kappa shape index (κ2) is 16.7. The third-order valence-electron chi connectivity index (χ3n) is 7.52. The van der Waals surface area contributed by atoms with Gasteiger partial charge in [0, 0.05) is 34.6 Å². The highest BCUT2D eigenvalue weighted by Gasteiger charge is 2.35. The first-order valence-electron chi connectivity index (χ1n) is 15.0. The zero-order chi connectivity index (χ0) is 34.1. The molecule has 12 heteroatoms. The summed E-state index contributed by atoms with van der Waals surface area (Å²) in [5.74, 6) is -1.04. The van der Waals surface area contributed by atoms with Crippen molar-refractivity contribution < 1.29 is 18.0 Å². The van der Waals surface area contributed by atoms with Crippen LogP contribution in [0.25, 0.3) is 0 Å². The van der Waals surface area contributed by atoms with Crippen molar-refractivity contribution in [1.29, 1.82) is 0 Å². The van der Waals surface area contributed by atoms with Crippen LogP contribution >= 0.6 is 46.4 Å². The van der Waals surface area contributed by atoms with Gasteiger partial charge >= 0.3 is 0 Å². The number of unbranched alkanes of at least 4 members (excludes halogenated alkanes) is 1. The predicted molar refractivity (Wildman–Crippen MR) is 191 cm³/mol. The van der Waals surface area contributed by atoms with E-state index in [1.165, 1.54) is 35.2 Å². The molecule has 0 aliphatic carbocycles. The molecule has 2 amide bonds. The fourth-order valence-electron chi connectivity index (χ4n) is 4.92. The number of nitrogens with one attached hydrogen (secondary N) is 1. The number of sulfonamides is 1. The lowest BCUT2D eigenvalue weighted by atomic mass is 10.0. The number of benzene rings is 4. The van der Waals surface area contributed by atoms with Crippen LogP contribution in [-0.2, 0) is 32.6 Å². The quantitative estimate of drug-likeness (QED) is 0.132. The number of halogens is 4. The molecule has 0 spiro atoms. The Balaban J connectivity index is 1.84. The van der Waals surface area contributed by atoms with E-state index >= 15 is 0 Å². The molecule has 0 unspecified atom stereocenters. The number of anilines is 1. The summed E-state index contributed by atoms with van der Waals surface area (Å²) in [6.45, 7) is 3.47. The van der Waals surface area contributed by atoms with Gasteiger partial charge in [0.2, 0.25) is 11.8 Å². The standard InChI is InChI=1S/C35H35Cl4N3O4S/c1-3-4-18-40-35(44)33(19-25-8-6-5-7-9-25)41(22-26-12-13-27(36)20-31(26)39)34(43)23-42(32-21-28(37)14-17-30(32)38)47(45,46)29-15-10-24(2)11-16-29/h5-17,20-21,33H,3-4,18-19,22-23H2,1-2H3,(H,40,44)/t33-/m0/s1. The lowest BCUT2D eigenvalue weighted by Gasteiger charge is -2.34. The van der Waals surface area contributed by atoms with Gasteiger partial charge < -0.3 is 10.2 Å². The number of hydrogen-bond donors (Lipinski definition) is 1. The summed E-state index contributed by atoms with van der Waals surface area (Å²) in [4.78, 5) is 29.8. The third kappa shape index (κ3) is 9.64. The minimum atomic E-state index is -4.35. The van der Waals surface area contributed by atoms with Gasteiger partial charge in [-0.3, -0.25) is 13.9 Å². The molecule has 0 saturated carbocycles. The number of rotatable bonds is 14. The first kappa shape index (κ1) is 36.6. The molecule has 0 bridgehead atoms. The van der Waals surface area contributed by atoms with E-state index in [-0.39, 0.29) is 39.5 Å². The minimum absolute atomic E-state index is 0.0181. The smallest absolute Gasteiger partial charge is 0.264 e. The highest BCUT2D eigenvalue weighted by atomic mass is 35.5. The van der Waals surface area contributed by atoms with Crippen LogP contribution in [0.1, 0.15) is 36.5 Å². The van der Waals surface area contributed by atoms with Crippen LogP contribution < -0.4 is 9.62 Å². The number of carbonyl (C=O) groups excluding carboxylic acids is 2. The Morgan fingerprint density at radius 3 is 2.15 bits per heavy atom. The van der Waals surface area contributed by atoms with E-state index in [2.05, 4.69) is 5.32 Å². The van der Waals surface area contributed by atoms with E-state index in [0.717, 1.165) is 28.3 Å². The van der Waals surface area contributed by atoms with Gasteiger partial charge in [0.25, 0.3) is 10.0 Å². The molecule has 4 aromatic carbocycles. The number of nitrogens with zero attached hydrogens (tertiary/aromatic N) is 2. The first-order valence-corrected chi connectivity index (χ1v) is 18.0. The van der Waals surface area contributed by atoms with Crippen molar-refractivity contribution >= 4 is 73.9 Å². The van der Waals surface area contributed by atoms with Crippen LogP contribution in [0.4, 0.5) is 5.69 Å². The molecule has 0 radical (unpaired) electrons. The summed E-state index contributed by atoms with van der Waals surface area (Å²) < 4.78 is 29.4. The summed E-state index contributed by atoms with van der Waals surface area (Å²) >= 11 is 25.6. The Labute approximate surface area is 296 Å². The molecule has 0 saturated heterocycles. The van der Waals surface area contributed by atoms with Crippen molar-refractivity contribution in [3.63, 3.8) is 0 Å². The van der Waals surface area contributed by atoms with Crippen LogP contribution in [0.15, 0.2) is 95.9 Å². The normalized spacial score (nSPS) is 12.0. The molecule has 7 nitrogen and oxygen atoms in total. The van der Waals surface area contributed by atoms with Crippen LogP contribution in [0.5, 0.6) is 0 Å². The van der Waals surface area contributed by atoms with Gasteiger partial charge in [-0.15, -0.1) is 0 Å². The van der Waals surface area contributed by atoms with Crippen molar-refractivity contribution in [1.82, 2.24) is 10.2 Å². The molecule has 0 heterocycles. The monoisotopic (exact) mass is 733 g/mol. The van der Waals surface area contributed by atoms with Gasteiger partial charge in [-0.2, -0.15) is 0 Å². The molecule has 4 aromatic rings. The molecule has 0 fully saturated rings. The van der Waals surface area contributed by atoms with Crippen LogP contribution in [0, 0.1) is 6.92 Å². The molecule has 0 aliphatic heterocycles. The minimum Gasteiger partial charge on any atom is -0.354 e. The Morgan fingerprint density at radius 2 is 1.49 bits per heavy atom.